The molecule has 2 fully saturated rings. The lowest BCUT2D eigenvalue weighted by molar-refractivity contribution is -0.144. The summed E-state index contributed by atoms with van der Waals surface area (Å²) in [6, 6.07) is 0. The highest BCUT2D eigenvalue weighted by molar-refractivity contribution is 5.82. The molecule has 0 aromatic rings. The molecule has 4 nitrogen and oxygen atoms in total. The number of piperazine rings is 1. The van der Waals surface area contributed by atoms with E-state index >= 15 is 0 Å². The van der Waals surface area contributed by atoms with Gasteiger partial charge in [-0.3, -0.25) is 9.69 Å². The number of hydrogen-bond donors (Lipinski definition) is 1. The number of carbonyl (C=O) groups is 1. The van der Waals surface area contributed by atoms with Crippen LogP contribution in [0.4, 0.5) is 0 Å². The Hall–Kier alpha value is -0.870. The lowest BCUT2D eigenvalue weighted by Gasteiger charge is -2.41. The zero-order chi connectivity index (χ0) is 13.0. The normalized spacial score (nSPS) is 30.2. The van der Waals surface area contributed by atoms with E-state index in [4.69, 9.17) is 0 Å². The van der Waals surface area contributed by atoms with Crippen LogP contribution in [0.3, 0.4) is 0 Å². The average Bonchev–Trinajstić information content (AvgIpc) is 2.40. The van der Waals surface area contributed by atoms with E-state index in [-0.39, 0.29) is 5.41 Å². The minimum atomic E-state index is -0.182. The number of nitrogens with zero attached hydrogens (tertiary/aromatic N) is 2. The standard InChI is InChI=1S/C14H25N3O/c1-3-7-16-8-10-17(11-9-16)13(18)14(2)5-4-6-15-12-14/h3,15H,1,4-12H2,2H3. The van der Waals surface area contributed by atoms with Crippen molar-refractivity contribution in [3.63, 3.8) is 0 Å². The summed E-state index contributed by atoms with van der Waals surface area (Å²) in [6.45, 7) is 12.4. The summed E-state index contributed by atoms with van der Waals surface area (Å²) >= 11 is 0. The van der Waals surface area contributed by atoms with Gasteiger partial charge in [0.2, 0.25) is 5.91 Å². The smallest absolute Gasteiger partial charge is 0.229 e. The molecule has 4 heteroatoms. The predicted molar refractivity (Wildman–Crippen MR) is 73.4 cm³/mol. The number of rotatable bonds is 3. The molecule has 0 spiro atoms. The van der Waals surface area contributed by atoms with Crippen LogP contribution in [0.15, 0.2) is 12.7 Å². The SMILES string of the molecule is C=CCN1CCN(C(=O)C2(C)CCCNC2)CC1. The van der Waals surface area contributed by atoms with Gasteiger partial charge in [0.05, 0.1) is 5.41 Å². The van der Waals surface area contributed by atoms with Crippen LogP contribution in [0.5, 0.6) is 0 Å². The number of amides is 1. The minimum Gasteiger partial charge on any atom is -0.340 e. The van der Waals surface area contributed by atoms with E-state index < -0.39 is 0 Å². The topological polar surface area (TPSA) is 35.6 Å². The molecule has 2 aliphatic rings. The Bertz CT molecular complexity index is 302. The summed E-state index contributed by atoms with van der Waals surface area (Å²) in [4.78, 5) is 17.0. The Morgan fingerprint density at radius 2 is 2.11 bits per heavy atom. The molecule has 2 rings (SSSR count). The van der Waals surface area contributed by atoms with Crippen molar-refractivity contribution < 1.29 is 4.79 Å². The van der Waals surface area contributed by atoms with Crippen LogP contribution >= 0.6 is 0 Å². The molecule has 18 heavy (non-hydrogen) atoms. The van der Waals surface area contributed by atoms with E-state index in [1.54, 1.807) is 0 Å². The van der Waals surface area contributed by atoms with Crippen molar-refractivity contribution in [3.05, 3.63) is 12.7 Å². The largest absolute Gasteiger partial charge is 0.340 e. The molecule has 1 unspecified atom stereocenters. The molecule has 0 aliphatic carbocycles. The molecule has 1 N–H and O–H groups in total. The van der Waals surface area contributed by atoms with Crippen LogP contribution in [0, 0.1) is 5.41 Å². The van der Waals surface area contributed by atoms with Crippen molar-refractivity contribution in [2.75, 3.05) is 45.8 Å². The van der Waals surface area contributed by atoms with Crippen LogP contribution in [0.1, 0.15) is 19.8 Å². The van der Waals surface area contributed by atoms with Gasteiger partial charge in [0.1, 0.15) is 0 Å². The van der Waals surface area contributed by atoms with Gasteiger partial charge in [-0.25, -0.2) is 0 Å². The fraction of sp³-hybridized carbons (Fsp3) is 0.786. The predicted octanol–water partition coefficient (Wildman–Crippen LogP) is 0.706. The maximum Gasteiger partial charge on any atom is 0.229 e. The molecular formula is C14H25N3O. The first-order chi connectivity index (χ1) is 8.65. The molecule has 0 aromatic heterocycles. The Balaban J connectivity index is 1.88. The van der Waals surface area contributed by atoms with Crippen molar-refractivity contribution in [2.24, 2.45) is 5.41 Å². The summed E-state index contributed by atoms with van der Waals surface area (Å²) < 4.78 is 0. The first-order valence-electron chi connectivity index (χ1n) is 6.99. The zero-order valence-corrected chi connectivity index (χ0v) is 11.5. The quantitative estimate of drug-likeness (QED) is 0.750. The fourth-order valence-corrected chi connectivity index (χ4v) is 2.94. The fourth-order valence-electron chi connectivity index (χ4n) is 2.94. The second-order valence-corrected chi connectivity index (χ2v) is 5.72. The Morgan fingerprint density at radius 3 is 2.67 bits per heavy atom. The molecule has 0 radical (unpaired) electrons. The number of nitrogens with one attached hydrogen (secondary N) is 1. The summed E-state index contributed by atoms with van der Waals surface area (Å²) in [5, 5.41) is 3.35. The van der Waals surface area contributed by atoms with Gasteiger partial charge in [0.25, 0.3) is 0 Å². The molecule has 2 saturated heterocycles. The molecular weight excluding hydrogens is 226 g/mol. The number of carbonyl (C=O) groups excluding carboxylic acids is 1. The van der Waals surface area contributed by atoms with Crippen LogP contribution < -0.4 is 5.32 Å². The van der Waals surface area contributed by atoms with Crippen molar-refractivity contribution in [2.45, 2.75) is 19.8 Å². The molecule has 0 bridgehead atoms. The third-order valence-corrected chi connectivity index (χ3v) is 4.16. The highest BCUT2D eigenvalue weighted by Crippen LogP contribution is 2.28. The van der Waals surface area contributed by atoms with Gasteiger partial charge in [0, 0.05) is 39.3 Å². The average molecular weight is 251 g/mol. The van der Waals surface area contributed by atoms with Gasteiger partial charge < -0.3 is 10.2 Å². The maximum atomic E-state index is 12.6. The van der Waals surface area contributed by atoms with Crippen LogP contribution in [0.2, 0.25) is 0 Å². The van der Waals surface area contributed by atoms with Gasteiger partial charge in [-0.2, -0.15) is 0 Å². The second kappa shape index (κ2) is 5.85. The van der Waals surface area contributed by atoms with Crippen molar-refractivity contribution >= 4 is 5.91 Å². The van der Waals surface area contributed by atoms with Gasteiger partial charge in [-0.15, -0.1) is 6.58 Å². The van der Waals surface area contributed by atoms with E-state index in [1.165, 1.54) is 0 Å². The minimum absolute atomic E-state index is 0.182. The molecule has 2 heterocycles. The lowest BCUT2D eigenvalue weighted by Crippen LogP contribution is -2.55. The van der Waals surface area contributed by atoms with E-state index in [2.05, 4.69) is 23.7 Å². The van der Waals surface area contributed by atoms with Gasteiger partial charge >= 0.3 is 0 Å². The monoisotopic (exact) mass is 251 g/mol. The molecule has 102 valence electrons. The third kappa shape index (κ3) is 2.93. The van der Waals surface area contributed by atoms with Gasteiger partial charge in [-0.05, 0) is 26.3 Å². The Kier molecular flexibility index (Phi) is 4.40. The van der Waals surface area contributed by atoms with E-state index in [1.807, 2.05) is 11.0 Å². The highest BCUT2D eigenvalue weighted by Gasteiger charge is 2.38. The van der Waals surface area contributed by atoms with Crippen molar-refractivity contribution in [1.29, 1.82) is 0 Å². The summed E-state index contributed by atoms with van der Waals surface area (Å²) in [6.07, 6.45) is 4.06. The molecule has 1 atom stereocenters. The van der Waals surface area contributed by atoms with Crippen LogP contribution in [-0.2, 0) is 4.79 Å². The van der Waals surface area contributed by atoms with Gasteiger partial charge in [0.15, 0.2) is 0 Å². The molecule has 1 amide bonds. The Morgan fingerprint density at radius 1 is 1.39 bits per heavy atom. The zero-order valence-electron chi connectivity index (χ0n) is 11.5. The van der Waals surface area contributed by atoms with Gasteiger partial charge in [-0.1, -0.05) is 6.08 Å². The number of hydrogen-bond acceptors (Lipinski definition) is 3. The lowest BCUT2D eigenvalue weighted by atomic mass is 9.81. The maximum absolute atomic E-state index is 12.6. The first kappa shape index (κ1) is 13.6. The summed E-state index contributed by atoms with van der Waals surface area (Å²) in [5.41, 5.74) is -0.182. The second-order valence-electron chi connectivity index (χ2n) is 5.72. The van der Waals surface area contributed by atoms with Crippen molar-refractivity contribution in [3.8, 4) is 0 Å². The van der Waals surface area contributed by atoms with E-state index in [0.29, 0.717) is 5.91 Å². The van der Waals surface area contributed by atoms with Crippen LogP contribution in [-0.4, -0.2) is 61.5 Å². The summed E-state index contributed by atoms with van der Waals surface area (Å²) in [5.74, 6) is 0.341. The highest BCUT2D eigenvalue weighted by atomic mass is 16.2. The summed E-state index contributed by atoms with van der Waals surface area (Å²) in [7, 11) is 0. The van der Waals surface area contributed by atoms with Crippen molar-refractivity contribution in [1.82, 2.24) is 15.1 Å². The van der Waals surface area contributed by atoms with E-state index in [9.17, 15) is 4.79 Å². The first-order valence-corrected chi connectivity index (χ1v) is 6.99. The number of piperidine rings is 1. The molecule has 0 saturated carbocycles. The molecule has 0 aromatic carbocycles. The Labute approximate surface area is 110 Å². The van der Waals surface area contributed by atoms with Crippen LogP contribution in [0.25, 0.3) is 0 Å². The van der Waals surface area contributed by atoms with E-state index in [0.717, 1.165) is 58.7 Å². The molecule has 2 aliphatic heterocycles. The third-order valence-electron chi connectivity index (χ3n) is 4.16.